The van der Waals surface area contributed by atoms with Crippen LogP contribution >= 0.6 is 0 Å². The zero-order chi connectivity index (χ0) is 14.6. The van der Waals surface area contributed by atoms with Gasteiger partial charge in [-0.2, -0.15) is 0 Å². The molecule has 1 aromatic rings. The number of amides is 2. The maximum Gasteiger partial charge on any atom is 0.309 e. The topological polar surface area (TPSA) is 78.4 Å². The van der Waals surface area contributed by atoms with Crippen LogP contribution in [0, 0.1) is 0 Å². The second-order valence-corrected chi connectivity index (χ2v) is 5.29. The van der Waals surface area contributed by atoms with Crippen molar-refractivity contribution in [2.45, 2.75) is 31.8 Å². The van der Waals surface area contributed by atoms with Crippen molar-refractivity contribution in [3.05, 3.63) is 35.4 Å². The van der Waals surface area contributed by atoms with Crippen molar-refractivity contribution in [2.75, 3.05) is 13.1 Å². The molecule has 0 fully saturated rings. The first kappa shape index (κ1) is 14.5. The maximum atomic E-state index is 11.6. The zero-order valence-corrected chi connectivity index (χ0v) is 11.6. The van der Waals surface area contributed by atoms with E-state index in [2.05, 4.69) is 10.6 Å². The van der Waals surface area contributed by atoms with Crippen LogP contribution in [0.25, 0.3) is 0 Å². The number of aliphatic hydroxyl groups is 1. The molecule has 2 amide bonds. The fourth-order valence-electron chi connectivity index (χ4n) is 2.44. The summed E-state index contributed by atoms with van der Waals surface area (Å²) in [4.78, 5) is 23.0. The van der Waals surface area contributed by atoms with Gasteiger partial charge in [0.15, 0.2) is 0 Å². The van der Waals surface area contributed by atoms with Gasteiger partial charge in [0, 0.05) is 25.9 Å². The maximum absolute atomic E-state index is 11.6. The van der Waals surface area contributed by atoms with Crippen LogP contribution in [-0.4, -0.2) is 35.6 Å². The monoisotopic (exact) mass is 276 g/mol. The molecule has 0 unspecified atom stereocenters. The molecule has 0 saturated heterocycles. The van der Waals surface area contributed by atoms with E-state index < -0.39 is 17.4 Å². The molecule has 0 radical (unpaired) electrons. The lowest BCUT2D eigenvalue weighted by Crippen LogP contribution is -2.48. The number of carbonyl (C=O) groups is 2. The Morgan fingerprint density at radius 3 is 2.25 bits per heavy atom. The summed E-state index contributed by atoms with van der Waals surface area (Å²) in [6.45, 7) is 2.47. The third-order valence-corrected chi connectivity index (χ3v) is 3.48. The van der Waals surface area contributed by atoms with Gasteiger partial charge >= 0.3 is 11.8 Å². The molecule has 20 heavy (non-hydrogen) atoms. The molecule has 0 heterocycles. The third-order valence-electron chi connectivity index (χ3n) is 3.48. The van der Waals surface area contributed by atoms with Crippen LogP contribution < -0.4 is 10.6 Å². The second kappa shape index (κ2) is 6.05. The molecule has 1 aromatic carbocycles. The number of carbonyl (C=O) groups excluding carboxylic acids is 2. The van der Waals surface area contributed by atoms with Crippen LogP contribution in [0.2, 0.25) is 0 Å². The van der Waals surface area contributed by atoms with Crippen LogP contribution in [0.3, 0.4) is 0 Å². The number of fused-ring (bicyclic) bond motifs is 1. The average molecular weight is 276 g/mol. The van der Waals surface area contributed by atoms with Gasteiger partial charge in [0.1, 0.15) is 0 Å². The van der Waals surface area contributed by atoms with E-state index in [0.29, 0.717) is 19.4 Å². The molecular formula is C15H20N2O3. The van der Waals surface area contributed by atoms with E-state index in [1.807, 2.05) is 31.2 Å². The standard InChI is InChI=1S/C15H20N2O3/c1-2-7-16-13(18)14(19)17-10-15(20)8-11-5-3-4-6-12(11)9-15/h3-6,20H,2,7-10H2,1H3,(H,16,18)(H,17,19). The van der Waals surface area contributed by atoms with E-state index in [1.165, 1.54) is 0 Å². The molecule has 2 rings (SSSR count). The van der Waals surface area contributed by atoms with E-state index in [9.17, 15) is 14.7 Å². The van der Waals surface area contributed by atoms with E-state index in [1.54, 1.807) is 0 Å². The Morgan fingerprint density at radius 2 is 1.70 bits per heavy atom. The molecule has 3 N–H and O–H groups in total. The molecule has 0 atom stereocenters. The average Bonchev–Trinajstić information content (AvgIpc) is 2.78. The summed E-state index contributed by atoms with van der Waals surface area (Å²) in [5, 5.41) is 15.5. The minimum Gasteiger partial charge on any atom is -0.387 e. The third kappa shape index (κ3) is 3.36. The highest BCUT2D eigenvalue weighted by Gasteiger charge is 2.35. The summed E-state index contributed by atoms with van der Waals surface area (Å²) >= 11 is 0. The lowest BCUT2D eigenvalue weighted by Gasteiger charge is -2.22. The number of hydrogen-bond acceptors (Lipinski definition) is 3. The van der Waals surface area contributed by atoms with Gasteiger partial charge in [-0.15, -0.1) is 0 Å². The largest absolute Gasteiger partial charge is 0.387 e. The quantitative estimate of drug-likeness (QED) is 0.685. The Labute approximate surface area is 118 Å². The van der Waals surface area contributed by atoms with Crippen LogP contribution in [0.1, 0.15) is 24.5 Å². The lowest BCUT2D eigenvalue weighted by molar-refractivity contribution is -0.139. The van der Waals surface area contributed by atoms with Crippen LogP contribution in [0.4, 0.5) is 0 Å². The summed E-state index contributed by atoms with van der Waals surface area (Å²) < 4.78 is 0. The summed E-state index contributed by atoms with van der Waals surface area (Å²) in [5.41, 5.74) is 1.20. The Hall–Kier alpha value is -1.88. The first-order chi connectivity index (χ1) is 9.54. The minimum atomic E-state index is -0.996. The lowest BCUT2D eigenvalue weighted by atomic mass is 10.0. The zero-order valence-electron chi connectivity index (χ0n) is 11.6. The first-order valence-electron chi connectivity index (χ1n) is 6.89. The fraction of sp³-hybridized carbons (Fsp3) is 0.467. The number of nitrogens with one attached hydrogen (secondary N) is 2. The van der Waals surface area contributed by atoms with Crippen molar-refractivity contribution in [1.29, 1.82) is 0 Å². The molecule has 0 bridgehead atoms. The predicted octanol–water partition coefficient (Wildman–Crippen LogP) is 0.159. The number of hydrogen-bond donors (Lipinski definition) is 3. The van der Waals surface area contributed by atoms with E-state index >= 15 is 0 Å². The van der Waals surface area contributed by atoms with Crippen molar-refractivity contribution in [3.8, 4) is 0 Å². The van der Waals surface area contributed by atoms with Gasteiger partial charge in [-0.3, -0.25) is 9.59 Å². The smallest absolute Gasteiger partial charge is 0.309 e. The summed E-state index contributed by atoms with van der Waals surface area (Å²) in [5.74, 6) is -1.34. The van der Waals surface area contributed by atoms with Crippen molar-refractivity contribution in [3.63, 3.8) is 0 Å². The van der Waals surface area contributed by atoms with Gasteiger partial charge in [-0.25, -0.2) is 0 Å². The van der Waals surface area contributed by atoms with Crippen molar-refractivity contribution < 1.29 is 14.7 Å². The van der Waals surface area contributed by atoms with Gasteiger partial charge in [-0.05, 0) is 17.5 Å². The normalized spacial score (nSPS) is 15.5. The Kier molecular flexibility index (Phi) is 4.39. The van der Waals surface area contributed by atoms with Gasteiger partial charge < -0.3 is 15.7 Å². The van der Waals surface area contributed by atoms with Crippen molar-refractivity contribution in [1.82, 2.24) is 10.6 Å². The molecule has 0 spiro atoms. The Balaban J connectivity index is 1.86. The number of rotatable bonds is 4. The van der Waals surface area contributed by atoms with Crippen molar-refractivity contribution in [2.24, 2.45) is 0 Å². The molecule has 0 saturated carbocycles. The highest BCUT2D eigenvalue weighted by Crippen LogP contribution is 2.29. The molecule has 1 aliphatic carbocycles. The predicted molar refractivity (Wildman–Crippen MR) is 75.1 cm³/mol. The molecule has 5 nitrogen and oxygen atoms in total. The molecule has 0 aliphatic heterocycles. The summed E-state index contributed by atoms with van der Waals surface area (Å²) in [6, 6.07) is 7.81. The van der Waals surface area contributed by atoms with Crippen molar-refractivity contribution >= 4 is 11.8 Å². The fourth-order valence-corrected chi connectivity index (χ4v) is 2.44. The minimum absolute atomic E-state index is 0.0834. The van der Waals surface area contributed by atoms with Crippen LogP contribution in [-0.2, 0) is 22.4 Å². The number of benzene rings is 1. The molecular weight excluding hydrogens is 256 g/mol. The van der Waals surface area contributed by atoms with Gasteiger partial charge in [0.05, 0.1) is 5.60 Å². The molecule has 0 aromatic heterocycles. The Bertz CT molecular complexity index is 489. The molecule has 108 valence electrons. The Morgan fingerprint density at radius 1 is 1.15 bits per heavy atom. The van der Waals surface area contributed by atoms with Crippen LogP contribution in [0.5, 0.6) is 0 Å². The second-order valence-electron chi connectivity index (χ2n) is 5.29. The van der Waals surface area contributed by atoms with E-state index in [4.69, 9.17) is 0 Å². The molecule has 5 heteroatoms. The highest BCUT2D eigenvalue weighted by molar-refractivity contribution is 6.35. The molecule has 1 aliphatic rings. The summed E-state index contributed by atoms with van der Waals surface area (Å²) in [6.07, 6.45) is 1.78. The highest BCUT2D eigenvalue weighted by atomic mass is 16.3. The first-order valence-corrected chi connectivity index (χ1v) is 6.89. The van der Waals surface area contributed by atoms with E-state index in [0.717, 1.165) is 17.5 Å². The van der Waals surface area contributed by atoms with Gasteiger partial charge in [0.2, 0.25) is 0 Å². The SMILES string of the molecule is CCCNC(=O)C(=O)NCC1(O)Cc2ccccc2C1. The van der Waals surface area contributed by atoms with Gasteiger partial charge in [0.25, 0.3) is 0 Å². The van der Waals surface area contributed by atoms with E-state index in [-0.39, 0.29) is 6.54 Å². The van der Waals surface area contributed by atoms with Gasteiger partial charge in [-0.1, -0.05) is 31.2 Å². The van der Waals surface area contributed by atoms with Crippen LogP contribution in [0.15, 0.2) is 24.3 Å². The summed E-state index contributed by atoms with van der Waals surface area (Å²) in [7, 11) is 0.